The number of likely N-dealkylation sites (tertiary alicyclic amines) is 1. The molecule has 1 atom stereocenters. The van der Waals surface area contributed by atoms with Gasteiger partial charge in [-0.05, 0) is 38.8 Å². The number of hydrogen-bond acceptors (Lipinski definition) is 4. The van der Waals surface area contributed by atoms with Crippen LogP contribution in [0.15, 0.2) is 30.3 Å². The van der Waals surface area contributed by atoms with Gasteiger partial charge in [-0.25, -0.2) is 0 Å². The van der Waals surface area contributed by atoms with Crippen molar-refractivity contribution in [3.63, 3.8) is 0 Å². The van der Waals surface area contributed by atoms with E-state index in [1.807, 2.05) is 42.2 Å². The van der Waals surface area contributed by atoms with Gasteiger partial charge in [0.05, 0.1) is 13.2 Å². The lowest BCUT2D eigenvalue weighted by Crippen LogP contribution is -2.48. The van der Waals surface area contributed by atoms with Crippen LogP contribution in [0.2, 0.25) is 0 Å². The molecule has 1 aliphatic heterocycles. The van der Waals surface area contributed by atoms with E-state index in [-0.39, 0.29) is 17.9 Å². The van der Waals surface area contributed by atoms with Crippen molar-refractivity contribution < 1.29 is 19.1 Å². The maximum absolute atomic E-state index is 12.4. The van der Waals surface area contributed by atoms with Crippen molar-refractivity contribution >= 4 is 11.8 Å². The second kappa shape index (κ2) is 10.2. The second-order valence-corrected chi connectivity index (χ2v) is 6.15. The van der Waals surface area contributed by atoms with Gasteiger partial charge in [0.1, 0.15) is 6.10 Å². The van der Waals surface area contributed by atoms with Gasteiger partial charge in [0.25, 0.3) is 5.91 Å². The summed E-state index contributed by atoms with van der Waals surface area (Å²) in [6, 6.07) is 9.39. The molecule has 6 heteroatoms. The van der Waals surface area contributed by atoms with Crippen LogP contribution in [0, 0.1) is 0 Å². The van der Waals surface area contributed by atoms with Crippen molar-refractivity contribution in [2.75, 3.05) is 32.9 Å². The molecule has 1 aromatic rings. The molecule has 1 N–H and O–H groups in total. The first kappa shape index (κ1) is 19.4. The molecule has 0 bridgehead atoms. The Morgan fingerprint density at radius 3 is 2.52 bits per heavy atom. The predicted molar refractivity (Wildman–Crippen MR) is 95.4 cm³/mol. The zero-order valence-electron chi connectivity index (χ0n) is 15.1. The van der Waals surface area contributed by atoms with Crippen LogP contribution in [0.4, 0.5) is 0 Å². The largest absolute Gasteiger partial charge is 0.379 e. The topological polar surface area (TPSA) is 67.9 Å². The lowest BCUT2D eigenvalue weighted by atomic mass is 10.0. The first-order chi connectivity index (χ1) is 12.1. The number of carbonyl (C=O) groups excluding carboxylic acids is 2. The van der Waals surface area contributed by atoms with Crippen molar-refractivity contribution in [2.24, 2.45) is 0 Å². The minimum absolute atomic E-state index is 0.0537. The monoisotopic (exact) mass is 348 g/mol. The molecule has 0 aromatic heterocycles. The minimum Gasteiger partial charge on any atom is -0.379 e. The zero-order chi connectivity index (χ0) is 18.1. The molecule has 1 aromatic carbocycles. The number of nitrogens with one attached hydrogen (secondary N) is 1. The summed E-state index contributed by atoms with van der Waals surface area (Å²) in [4.78, 5) is 26.4. The maximum atomic E-state index is 12.4. The molecule has 0 aliphatic carbocycles. The highest BCUT2D eigenvalue weighted by molar-refractivity contribution is 5.94. The van der Waals surface area contributed by atoms with Gasteiger partial charge < -0.3 is 19.7 Å². The Morgan fingerprint density at radius 1 is 1.20 bits per heavy atom. The van der Waals surface area contributed by atoms with Crippen LogP contribution in [0.25, 0.3) is 0 Å². The highest BCUT2D eigenvalue weighted by Gasteiger charge is 2.25. The van der Waals surface area contributed by atoms with Crippen molar-refractivity contribution in [2.45, 2.75) is 38.8 Å². The fourth-order valence-electron chi connectivity index (χ4n) is 2.81. The number of nitrogens with zero attached hydrogens (tertiary/aromatic N) is 1. The molecular formula is C19H28N2O4. The van der Waals surface area contributed by atoms with E-state index < -0.39 is 6.10 Å². The highest BCUT2D eigenvalue weighted by atomic mass is 16.5. The second-order valence-electron chi connectivity index (χ2n) is 6.15. The van der Waals surface area contributed by atoms with E-state index in [0.29, 0.717) is 38.5 Å². The average molecular weight is 348 g/mol. The molecule has 2 rings (SSSR count). The van der Waals surface area contributed by atoms with Crippen LogP contribution in [0.5, 0.6) is 0 Å². The molecular weight excluding hydrogens is 320 g/mol. The van der Waals surface area contributed by atoms with E-state index in [0.717, 1.165) is 12.8 Å². The Balaban J connectivity index is 1.71. The number of piperidine rings is 1. The highest BCUT2D eigenvalue weighted by Crippen LogP contribution is 2.14. The van der Waals surface area contributed by atoms with E-state index in [4.69, 9.17) is 9.47 Å². The standard InChI is InChI=1S/C19H28N2O4/c1-3-24-13-14-25-15(2)18(22)20-17-9-11-21(12-10-17)19(23)16-7-5-4-6-8-16/h4-8,15,17H,3,9-14H2,1-2H3,(H,20,22)/t15-/m0/s1. The summed E-state index contributed by atoms with van der Waals surface area (Å²) in [6.07, 6.45) is 1.02. The fourth-order valence-corrected chi connectivity index (χ4v) is 2.81. The van der Waals surface area contributed by atoms with Gasteiger partial charge in [-0.1, -0.05) is 18.2 Å². The van der Waals surface area contributed by atoms with Gasteiger partial charge in [0, 0.05) is 31.3 Å². The van der Waals surface area contributed by atoms with Crippen molar-refractivity contribution in [3.8, 4) is 0 Å². The summed E-state index contributed by atoms with van der Waals surface area (Å²) >= 11 is 0. The van der Waals surface area contributed by atoms with Crippen LogP contribution in [0.1, 0.15) is 37.0 Å². The quantitative estimate of drug-likeness (QED) is 0.728. The Kier molecular flexibility index (Phi) is 7.88. The summed E-state index contributed by atoms with van der Waals surface area (Å²) in [7, 11) is 0. The molecule has 138 valence electrons. The first-order valence-corrected chi connectivity index (χ1v) is 8.96. The zero-order valence-corrected chi connectivity index (χ0v) is 15.1. The maximum Gasteiger partial charge on any atom is 0.253 e. The van der Waals surface area contributed by atoms with E-state index >= 15 is 0 Å². The Hall–Kier alpha value is -1.92. The molecule has 0 spiro atoms. The minimum atomic E-state index is -0.496. The van der Waals surface area contributed by atoms with Crippen LogP contribution in [0.3, 0.4) is 0 Å². The summed E-state index contributed by atoms with van der Waals surface area (Å²) in [6.45, 7) is 6.52. The van der Waals surface area contributed by atoms with E-state index in [9.17, 15) is 9.59 Å². The van der Waals surface area contributed by atoms with E-state index in [2.05, 4.69) is 5.32 Å². The third-order valence-corrected chi connectivity index (χ3v) is 4.32. The van der Waals surface area contributed by atoms with E-state index in [1.54, 1.807) is 6.92 Å². The van der Waals surface area contributed by atoms with Crippen molar-refractivity contribution in [1.29, 1.82) is 0 Å². The summed E-state index contributed by atoms with van der Waals surface area (Å²) < 4.78 is 10.7. The SMILES string of the molecule is CCOCCO[C@@H](C)C(=O)NC1CCN(C(=O)c2ccccc2)CC1. The van der Waals surface area contributed by atoms with Gasteiger partial charge in [-0.3, -0.25) is 9.59 Å². The molecule has 1 heterocycles. The van der Waals surface area contributed by atoms with Gasteiger partial charge >= 0.3 is 0 Å². The molecule has 6 nitrogen and oxygen atoms in total. The predicted octanol–water partition coefficient (Wildman–Crippen LogP) is 1.85. The van der Waals surface area contributed by atoms with Crippen molar-refractivity contribution in [3.05, 3.63) is 35.9 Å². The molecule has 2 amide bonds. The molecule has 0 unspecified atom stereocenters. The smallest absolute Gasteiger partial charge is 0.253 e. The number of carbonyl (C=O) groups is 2. The normalized spacial score (nSPS) is 16.5. The van der Waals surface area contributed by atoms with Gasteiger partial charge in [-0.2, -0.15) is 0 Å². The Labute approximate surface area is 149 Å². The number of ether oxygens (including phenoxy) is 2. The molecule has 1 saturated heterocycles. The third kappa shape index (κ3) is 6.14. The molecule has 0 saturated carbocycles. The van der Waals surface area contributed by atoms with Crippen LogP contribution >= 0.6 is 0 Å². The molecule has 1 fully saturated rings. The number of amides is 2. The van der Waals surface area contributed by atoms with Crippen molar-refractivity contribution in [1.82, 2.24) is 10.2 Å². The summed E-state index contributed by atoms with van der Waals surface area (Å²) in [5.74, 6) is -0.0534. The number of rotatable bonds is 8. The number of hydrogen-bond donors (Lipinski definition) is 1. The van der Waals surface area contributed by atoms with Gasteiger partial charge in [-0.15, -0.1) is 0 Å². The summed E-state index contributed by atoms with van der Waals surface area (Å²) in [5.41, 5.74) is 0.710. The fraction of sp³-hybridized carbons (Fsp3) is 0.579. The molecule has 0 radical (unpaired) electrons. The Morgan fingerprint density at radius 2 is 1.88 bits per heavy atom. The number of benzene rings is 1. The van der Waals surface area contributed by atoms with E-state index in [1.165, 1.54) is 0 Å². The van der Waals surface area contributed by atoms with Crippen LogP contribution in [-0.2, 0) is 14.3 Å². The van der Waals surface area contributed by atoms with Crippen LogP contribution < -0.4 is 5.32 Å². The Bertz CT molecular complexity index is 542. The molecule has 1 aliphatic rings. The third-order valence-electron chi connectivity index (χ3n) is 4.32. The lowest BCUT2D eigenvalue weighted by Gasteiger charge is -2.33. The lowest BCUT2D eigenvalue weighted by molar-refractivity contribution is -0.133. The van der Waals surface area contributed by atoms with Gasteiger partial charge in [0.15, 0.2) is 0 Å². The molecule has 25 heavy (non-hydrogen) atoms. The first-order valence-electron chi connectivity index (χ1n) is 8.96. The summed E-state index contributed by atoms with van der Waals surface area (Å²) in [5, 5.41) is 3.02. The van der Waals surface area contributed by atoms with Crippen LogP contribution in [-0.4, -0.2) is 61.8 Å². The van der Waals surface area contributed by atoms with Gasteiger partial charge in [0.2, 0.25) is 5.91 Å². The average Bonchev–Trinajstić information content (AvgIpc) is 2.65.